The summed E-state index contributed by atoms with van der Waals surface area (Å²) >= 11 is 0. The molecule has 3 N–H and O–H groups in total. The van der Waals surface area contributed by atoms with E-state index in [0.717, 1.165) is 35.7 Å². The SMILES string of the molecule is COc1ccc(-c2ccc(C3(CC(=O)c4cnc(C(=O)NCC(C)C(=O)O)[nH]c4=O)CC3)cc2)cn1. The van der Waals surface area contributed by atoms with E-state index in [0.29, 0.717) is 5.88 Å². The highest BCUT2D eigenvalue weighted by molar-refractivity contribution is 5.97. The summed E-state index contributed by atoms with van der Waals surface area (Å²) < 4.78 is 5.09. The number of ketones is 1. The highest BCUT2D eigenvalue weighted by atomic mass is 16.5. The highest BCUT2D eigenvalue weighted by Gasteiger charge is 2.46. The molecule has 2 heterocycles. The number of nitrogens with zero attached hydrogens (tertiary/aromatic N) is 2. The summed E-state index contributed by atoms with van der Waals surface area (Å²) in [4.78, 5) is 59.0. The Morgan fingerprint density at radius 2 is 1.78 bits per heavy atom. The van der Waals surface area contributed by atoms with Crippen LogP contribution in [0.1, 0.15) is 52.7 Å². The van der Waals surface area contributed by atoms with Crippen molar-refractivity contribution < 1.29 is 24.2 Å². The number of benzene rings is 1. The molecule has 10 nitrogen and oxygen atoms in total. The van der Waals surface area contributed by atoms with Gasteiger partial charge in [-0.3, -0.25) is 19.2 Å². The van der Waals surface area contributed by atoms with Gasteiger partial charge in [-0.05, 0) is 30.0 Å². The van der Waals surface area contributed by atoms with Crippen LogP contribution in [0.3, 0.4) is 0 Å². The van der Waals surface area contributed by atoms with Crippen molar-refractivity contribution in [2.75, 3.05) is 13.7 Å². The van der Waals surface area contributed by atoms with Gasteiger partial charge in [0.2, 0.25) is 5.88 Å². The molecule has 1 aliphatic carbocycles. The maximum Gasteiger partial charge on any atom is 0.308 e. The second-order valence-electron chi connectivity index (χ2n) is 8.97. The van der Waals surface area contributed by atoms with Crippen molar-refractivity contribution in [2.45, 2.75) is 31.6 Å². The zero-order chi connectivity index (χ0) is 25.9. The van der Waals surface area contributed by atoms with Crippen LogP contribution in [0.15, 0.2) is 53.6 Å². The summed E-state index contributed by atoms with van der Waals surface area (Å²) in [5.41, 5.74) is 1.81. The zero-order valence-corrected chi connectivity index (χ0v) is 19.9. The van der Waals surface area contributed by atoms with Crippen LogP contribution in [0.4, 0.5) is 0 Å². The maximum atomic E-state index is 13.0. The normalized spacial score (nSPS) is 14.5. The van der Waals surface area contributed by atoms with Crippen molar-refractivity contribution in [1.29, 1.82) is 0 Å². The van der Waals surface area contributed by atoms with Crippen LogP contribution < -0.4 is 15.6 Å². The molecule has 0 spiro atoms. The van der Waals surface area contributed by atoms with Crippen LogP contribution in [0, 0.1) is 5.92 Å². The second-order valence-corrected chi connectivity index (χ2v) is 8.97. The number of Topliss-reactive ketones (excluding diaryl/α,β-unsaturated/α-hetero) is 1. The Kier molecular flexibility index (Phi) is 6.96. The van der Waals surface area contributed by atoms with Gasteiger partial charge in [0.15, 0.2) is 11.6 Å². The summed E-state index contributed by atoms with van der Waals surface area (Å²) in [5, 5.41) is 11.3. The number of hydrogen-bond donors (Lipinski definition) is 3. The van der Waals surface area contributed by atoms with E-state index in [1.54, 1.807) is 19.4 Å². The van der Waals surface area contributed by atoms with E-state index in [1.165, 1.54) is 6.92 Å². The molecule has 1 amide bonds. The van der Waals surface area contributed by atoms with Gasteiger partial charge in [-0.1, -0.05) is 31.2 Å². The number of H-pyrrole nitrogens is 1. The van der Waals surface area contributed by atoms with Gasteiger partial charge < -0.3 is 20.1 Å². The zero-order valence-electron chi connectivity index (χ0n) is 19.9. The molecule has 1 atom stereocenters. The van der Waals surface area contributed by atoms with Gasteiger partial charge in [0.1, 0.15) is 5.56 Å². The van der Waals surface area contributed by atoms with E-state index in [9.17, 15) is 19.2 Å². The largest absolute Gasteiger partial charge is 0.481 e. The van der Waals surface area contributed by atoms with Crippen molar-refractivity contribution in [3.05, 3.63) is 76.1 Å². The van der Waals surface area contributed by atoms with Crippen LogP contribution in [0.2, 0.25) is 0 Å². The van der Waals surface area contributed by atoms with Crippen molar-refractivity contribution in [2.24, 2.45) is 5.92 Å². The fourth-order valence-corrected chi connectivity index (χ4v) is 3.93. The average molecular weight is 491 g/mol. The number of hydrogen-bond acceptors (Lipinski definition) is 7. The number of amides is 1. The molecule has 0 radical (unpaired) electrons. The molecule has 1 saturated carbocycles. The van der Waals surface area contributed by atoms with Gasteiger partial charge in [-0.2, -0.15) is 0 Å². The lowest BCUT2D eigenvalue weighted by atomic mass is 9.88. The summed E-state index contributed by atoms with van der Waals surface area (Å²) in [7, 11) is 1.56. The fourth-order valence-electron chi connectivity index (χ4n) is 3.93. The first-order chi connectivity index (χ1) is 17.2. The molecular weight excluding hydrogens is 464 g/mol. The number of carbonyl (C=O) groups is 3. The first-order valence-electron chi connectivity index (χ1n) is 11.5. The molecule has 3 aromatic rings. The minimum atomic E-state index is -1.06. The number of nitrogens with one attached hydrogen (secondary N) is 2. The van der Waals surface area contributed by atoms with E-state index in [1.807, 2.05) is 30.3 Å². The lowest BCUT2D eigenvalue weighted by Gasteiger charge is -2.15. The standard InChI is InChI=1S/C26H26N4O6/c1-15(25(34)35)12-29-24(33)22-28-14-19(23(32)30-22)20(31)11-26(9-10-26)18-6-3-16(4-7-18)17-5-8-21(36-2)27-13-17/h3-8,13-15H,9-12H2,1-2H3,(H,29,33)(H,34,35)(H,28,30,32). The number of aliphatic carboxylic acids is 1. The van der Waals surface area contributed by atoms with Crippen molar-refractivity contribution in [3.8, 4) is 17.0 Å². The lowest BCUT2D eigenvalue weighted by Crippen LogP contribution is -2.34. The summed E-state index contributed by atoms with van der Waals surface area (Å²) in [6.45, 7) is 1.33. The fraction of sp³-hybridized carbons (Fsp3) is 0.308. The predicted molar refractivity (Wildman–Crippen MR) is 130 cm³/mol. The number of ether oxygens (including phenoxy) is 1. The van der Waals surface area contributed by atoms with Gasteiger partial charge in [0.05, 0.1) is 13.0 Å². The number of rotatable bonds is 10. The Labute approximate surface area is 206 Å². The van der Waals surface area contributed by atoms with E-state index < -0.39 is 23.4 Å². The second kappa shape index (κ2) is 10.1. The Balaban J connectivity index is 1.43. The van der Waals surface area contributed by atoms with E-state index in [-0.39, 0.29) is 35.6 Å². The smallest absolute Gasteiger partial charge is 0.308 e. The topological polar surface area (TPSA) is 151 Å². The number of carbonyl (C=O) groups excluding carboxylic acids is 2. The molecule has 1 unspecified atom stereocenters. The Hall–Kier alpha value is -4.34. The highest BCUT2D eigenvalue weighted by Crippen LogP contribution is 2.51. The quantitative estimate of drug-likeness (QED) is 0.367. The number of aromatic amines is 1. The first-order valence-corrected chi connectivity index (χ1v) is 11.5. The number of pyridine rings is 1. The minimum absolute atomic E-state index is 0.113. The van der Waals surface area contributed by atoms with Crippen molar-refractivity contribution >= 4 is 17.7 Å². The number of carboxylic acid groups (broad SMARTS) is 1. The Morgan fingerprint density at radius 1 is 1.08 bits per heavy atom. The van der Waals surface area contributed by atoms with E-state index in [4.69, 9.17) is 9.84 Å². The molecule has 36 heavy (non-hydrogen) atoms. The van der Waals surface area contributed by atoms with E-state index in [2.05, 4.69) is 20.3 Å². The number of carboxylic acids is 1. The Bertz CT molecular complexity index is 1340. The van der Waals surface area contributed by atoms with Gasteiger partial charge in [-0.15, -0.1) is 0 Å². The average Bonchev–Trinajstić information content (AvgIpc) is 3.67. The van der Waals surface area contributed by atoms with Gasteiger partial charge in [0, 0.05) is 42.4 Å². The van der Waals surface area contributed by atoms with Crippen LogP contribution >= 0.6 is 0 Å². The summed E-state index contributed by atoms with van der Waals surface area (Å²) in [6.07, 6.45) is 4.65. The third kappa shape index (κ3) is 5.32. The van der Waals surface area contributed by atoms with E-state index >= 15 is 0 Å². The summed E-state index contributed by atoms with van der Waals surface area (Å²) in [5.74, 6) is -2.66. The van der Waals surface area contributed by atoms with Crippen LogP contribution in [-0.4, -0.2) is 51.4 Å². The number of aromatic nitrogens is 3. The molecule has 1 aliphatic rings. The minimum Gasteiger partial charge on any atom is -0.481 e. The van der Waals surface area contributed by atoms with Crippen LogP contribution in [-0.2, 0) is 10.2 Å². The van der Waals surface area contributed by atoms with Gasteiger partial charge >= 0.3 is 5.97 Å². The Morgan fingerprint density at radius 3 is 2.33 bits per heavy atom. The van der Waals surface area contributed by atoms with Crippen LogP contribution in [0.5, 0.6) is 5.88 Å². The third-order valence-electron chi connectivity index (χ3n) is 6.43. The van der Waals surface area contributed by atoms with Crippen molar-refractivity contribution in [3.63, 3.8) is 0 Å². The number of methoxy groups -OCH3 is 1. The molecule has 1 fully saturated rings. The predicted octanol–water partition coefficient (Wildman–Crippen LogP) is 2.60. The molecule has 0 bridgehead atoms. The molecule has 4 rings (SSSR count). The third-order valence-corrected chi connectivity index (χ3v) is 6.43. The molecule has 0 aliphatic heterocycles. The van der Waals surface area contributed by atoms with Crippen LogP contribution in [0.25, 0.3) is 11.1 Å². The molecule has 2 aromatic heterocycles. The first kappa shape index (κ1) is 24.8. The van der Waals surface area contributed by atoms with Gasteiger partial charge in [-0.25, -0.2) is 9.97 Å². The van der Waals surface area contributed by atoms with Crippen molar-refractivity contribution in [1.82, 2.24) is 20.3 Å². The molecule has 0 saturated heterocycles. The lowest BCUT2D eigenvalue weighted by molar-refractivity contribution is -0.140. The molecule has 10 heteroatoms. The maximum absolute atomic E-state index is 13.0. The molecular formula is C26H26N4O6. The molecule has 1 aromatic carbocycles. The monoisotopic (exact) mass is 490 g/mol. The molecule has 186 valence electrons. The summed E-state index contributed by atoms with van der Waals surface area (Å²) in [6, 6.07) is 11.7. The van der Waals surface area contributed by atoms with Gasteiger partial charge in [0.25, 0.3) is 11.5 Å².